The van der Waals surface area contributed by atoms with E-state index in [1.165, 1.54) is 24.0 Å². The molecule has 0 fully saturated rings. The number of hydrogen-bond donors (Lipinski definition) is 3. The van der Waals surface area contributed by atoms with Crippen molar-refractivity contribution in [2.24, 2.45) is 4.99 Å². The zero-order valence-electron chi connectivity index (χ0n) is 10.3. The second-order valence-corrected chi connectivity index (χ2v) is 6.02. The fourth-order valence-corrected chi connectivity index (χ4v) is 2.68. The molecule has 1 atom stereocenters. The highest BCUT2D eigenvalue weighted by molar-refractivity contribution is 8.15. The highest BCUT2D eigenvalue weighted by Crippen LogP contribution is 2.38. The molecule has 6 nitrogen and oxygen atoms in total. The highest BCUT2D eigenvalue weighted by atomic mass is 35.5. The number of amidine groups is 1. The van der Waals surface area contributed by atoms with E-state index in [0.29, 0.717) is 5.17 Å². The number of aromatic hydroxyl groups is 1. The van der Waals surface area contributed by atoms with E-state index in [-0.39, 0.29) is 24.0 Å². The van der Waals surface area contributed by atoms with Crippen molar-refractivity contribution in [2.45, 2.75) is 24.6 Å². The first-order chi connectivity index (χ1) is 8.40. The fraction of sp³-hybridized carbons (Fsp3) is 0.364. The Bertz CT molecular complexity index is 522. The maximum atomic E-state index is 11.1. The van der Waals surface area contributed by atoms with Crippen LogP contribution in [0.15, 0.2) is 23.3 Å². The van der Waals surface area contributed by atoms with Gasteiger partial charge in [0.1, 0.15) is 0 Å². The molecule has 0 radical (unpaired) electrons. The number of carbonyl (C=O) groups is 1. The number of aliphatic carboxylic acids is 1. The van der Waals surface area contributed by atoms with Crippen molar-refractivity contribution >= 4 is 41.1 Å². The van der Waals surface area contributed by atoms with E-state index in [9.17, 15) is 9.90 Å². The minimum absolute atomic E-state index is 0. The predicted octanol–water partition coefficient (Wildman–Crippen LogP) is 1.96. The molecule has 2 rings (SSSR count). The second-order valence-electron chi connectivity index (χ2n) is 4.38. The summed E-state index contributed by atoms with van der Waals surface area (Å²) >= 11 is 1.31. The number of carboxylic acid groups (broad SMARTS) is 1. The van der Waals surface area contributed by atoms with Crippen molar-refractivity contribution in [2.75, 3.05) is 5.32 Å². The molecule has 0 aromatic carbocycles. The first-order valence-electron chi connectivity index (χ1n) is 5.31. The van der Waals surface area contributed by atoms with E-state index in [0.717, 1.165) is 0 Å². The summed E-state index contributed by atoms with van der Waals surface area (Å²) in [6, 6.07) is 2.29. The Labute approximate surface area is 120 Å². The zero-order chi connectivity index (χ0) is 13.3. The Hall–Kier alpha value is -1.47. The maximum absolute atomic E-state index is 11.1. The molecule has 0 amide bonds. The van der Waals surface area contributed by atoms with Gasteiger partial charge in [-0.2, -0.15) is 0 Å². The lowest BCUT2D eigenvalue weighted by molar-refractivity contribution is -0.138. The van der Waals surface area contributed by atoms with Gasteiger partial charge in [-0.3, -0.25) is 0 Å². The van der Waals surface area contributed by atoms with Crippen LogP contribution >= 0.6 is 24.2 Å². The average molecular weight is 304 g/mol. The summed E-state index contributed by atoms with van der Waals surface area (Å²) in [7, 11) is 0. The molecule has 1 aromatic heterocycles. The number of hydrogen-bond acceptors (Lipinski definition) is 6. The molecule has 0 aliphatic carbocycles. The van der Waals surface area contributed by atoms with E-state index in [2.05, 4.69) is 15.3 Å². The summed E-state index contributed by atoms with van der Waals surface area (Å²) < 4.78 is -0.529. The van der Waals surface area contributed by atoms with Crippen molar-refractivity contribution in [3.8, 4) is 5.75 Å². The van der Waals surface area contributed by atoms with E-state index in [4.69, 9.17) is 5.11 Å². The Morgan fingerprint density at radius 3 is 2.74 bits per heavy atom. The smallest absolute Gasteiger partial charge is 0.329 e. The monoisotopic (exact) mass is 303 g/mol. The highest BCUT2D eigenvalue weighted by Gasteiger charge is 2.42. The number of pyridine rings is 1. The first kappa shape index (κ1) is 15.6. The fourth-order valence-electron chi connectivity index (χ4n) is 1.61. The van der Waals surface area contributed by atoms with Crippen molar-refractivity contribution < 1.29 is 15.0 Å². The summed E-state index contributed by atoms with van der Waals surface area (Å²) in [6.07, 6.45) is 1.53. The Balaban J connectivity index is 0.00000180. The minimum atomic E-state index is -0.963. The molecule has 19 heavy (non-hydrogen) atoms. The molecule has 1 aromatic rings. The number of aromatic nitrogens is 1. The normalized spacial score (nSPS) is 20.3. The summed E-state index contributed by atoms with van der Waals surface area (Å²) in [5.74, 6) is -0.697. The number of thioether (sulfide) groups is 1. The second kappa shape index (κ2) is 5.66. The van der Waals surface area contributed by atoms with Crippen LogP contribution in [0.1, 0.15) is 13.8 Å². The number of halogens is 1. The van der Waals surface area contributed by atoms with Crippen LogP contribution in [0, 0.1) is 0 Å². The predicted molar refractivity (Wildman–Crippen MR) is 77.3 cm³/mol. The van der Waals surface area contributed by atoms with Gasteiger partial charge in [0.15, 0.2) is 22.8 Å². The lowest BCUT2D eigenvalue weighted by Gasteiger charge is -2.20. The van der Waals surface area contributed by atoms with Gasteiger partial charge in [0.05, 0.1) is 4.75 Å². The van der Waals surface area contributed by atoms with Crippen LogP contribution in [-0.2, 0) is 4.79 Å². The van der Waals surface area contributed by atoms with Gasteiger partial charge in [0.2, 0.25) is 0 Å². The molecule has 2 heterocycles. The molecular formula is C11H14ClN3O3S. The van der Waals surface area contributed by atoms with Crippen LogP contribution in [0.25, 0.3) is 0 Å². The van der Waals surface area contributed by atoms with Gasteiger partial charge in [0, 0.05) is 6.20 Å². The van der Waals surface area contributed by atoms with Crippen molar-refractivity contribution in [3.63, 3.8) is 0 Å². The maximum Gasteiger partial charge on any atom is 0.329 e. The third kappa shape index (κ3) is 3.30. The van der Waals surface area contributed by atoms with Gasteiger partial charge >= 0.3 is 5.97 Å². The van der Waals surface area contributed by atoms with Gasteiger partial charge in [-0.1, -0.05) is 11.8 Å². The van der Waals surface area contributed by atoms with Crippen molar-refractivity contribution in [3.05, 3.63) is 18.3 Å². The molecule has 3 N–H and O–H groups in total. The number of nitrogens with one attached hydrogen (secondary N) is 1. The quantitative estimate of drug-likeness (QED) is 0.773. The Morgan fingerprint density at radius 1 is 1.53 bits per heavy atom. The molecular weight excluding hydrogens is 290 g/mol. The average Bonchev–Trinajstić information content (AvgIpc) is 2.57. The first-order valence-corrected chi connectivity index (χ1v) is 6.12. The van der Waals surface area contributed by atoms with Gasteiger partial charge < -0.3 is 15.5 Å². The van der Waals surface area contributed by atoms with E-state index >= 15 is 0 Å². The molecule has 0 saturated heterocycles. The molecule has 1 aliphatic heterocycles. The SMILES string of the molecule is CC1(C)SC(Nc2ncccc2O)=NC1C(=O)O.Cl. The lowest BCUT2D eigenvalue weighted by atomic mass is 10.0. The summed E-state index contributed by atoms with van der Waals surface area (Å²) in [6.45, 7) is 3.62. The molecule has 8 heteroatoms. The van der Waals surface area contributed by atoms with Crippen LogP contribution in [0.3, 0.4) is 0 Å². The molecule has 0 saturated carbocycles. The van der Waals surface area contributed by atoms with Gasteiger partial charge in [-0.15, -0.1) is 12.4 Å². The van der Waals surface area contributed by atoms with Crippen molar-refractivity contribution in [1.29, 1.82) is 0 Å². The zero-order valence-corrected chi connectivity index (χ0v) is 12.0. The van der Waals surface area contributed by atoms with Crippen LogP contribution in [0.4, 0.5) is 5.82 Å². The Morgan fingerprint density at radius 2 is 2.21 bits per heavy atom. The largest absolute Gasteiger partial charge is 0.504 e. The topological polar surface area (TPSA) is 94.8 Å². The number of nitrogens with zero attached hydrogens (tertiary/aromatic N) is 2. The van der Waals surface area contributed by atoms with E-state index in [1.807, 2.05) is 13.8 Å². The molecule has 0 bridgehead atoms. The lowest BCUT2D eigenvalue weighted by Crippen LogP contribution is -2.34. The number of carboxylic acids is 1. The standard InChI is InChI=1S/C11H13N3O3S.ClH/c1-11(2)7(9(16)17)13-10(18-11)14-8-6(15)4-3-5-12-8;/h3-5,7,15H,1-2H3,(H,16,17)(H,12,13,14);1H. The number of anilines is 1. The molecule has 1 aliphatic rings. The third-order valence-corrected chi connectivity index (χ3v) is 3.66. The Kier molecular flexibility index (Phi) is 4.65. The van der Waals surface area contributed by atoms with Gasteiger partial charge in [0.25, 0.3) is 0 Å². The van der Waals surface area contributed by atoms with Crippen molar-refractivity contribution in [1.82, 2.24) is 4.98 Å². The molecule has 104 valence electrons. The molecule has 1 unspecified atom stereocenters. The molecule has 0 spiro atoms. The van der Waals surface area contributed by atoms with E-state index in [1.54, 1.807) is 6.07 Å². The minimum Gasteiger partial charge on any atom is -0.504 e. The van der Waals surface area contributed by atoms with E-state index < -0.39 is 16.8 Å². The van der Waals surface area contributed by atoms with Gasteiger partial charge in [-0.25, -0.2) is 14.8 Å². The summed E-state index contributed by atoms with van der Waals surface area (Å²) in [4.78, 5) is 19.1. The number of aliphatic imine (C=N–C) groups is 1. The van der Waals surface area contributed by atoms with Crippen LogP contribution in [0.2, 0.25) is 0 Å². The van der Waals surface area contributed by atoms with Gasteiger partial charge in [-0.05, 0) is 26.0 Å². The van der Waals surface area contributed by atoms with Crippen LogP contribution < -0.4 is 5.32 Å². The number of rotatable bonds is 2. The summed E-state index contributed by atoms with van der Waals surface area (Å²) in [5.41, 5.74) is 0. The third-order valence-electron chi connectivity index (χ3n) is 2.51. The summed E-state index contributed by atoms with van der Waals surface area (Å²) in [5, 5.41) is 21.9. The van der Waals surface area contributed by atoms with Crippen LogP contribution in [0.5, 0.6) is 5.75 Å². The van der Waals surface area contributed by atoms with Crippen LogP contribution in [-0.4, -0.2) is 37.1 Å².